The molecule has 1 aliphatic heterocycles. The zero-order valence-electron chi connectivity index (χ0n) is 15.6. The Labute approximate surface area is 164 Å². The van der Waals surface area contributed by atoms with E-state index in [1.54, 1.807) is 0 Å². The Morgan fingerprint density at radius 3 is 2.81 bits per heavy atom. The van der Waals surface area contributed by atoms with Crippen molar-refractivity contribution in [3.63, 3.8) is 0 Å². The molecule has 0 unspecified atom stereocenters. The Hall–Kier alpha value is -2.60. The van der Waals surface area contributed by atoms with Crippen LogP contribution in [0.4, 0.5) is 5.00 Å². The average Bonchev–Trinajstić information content (AvgIpc) is 3.26. The van der Waals surface area contributed by atoms with Crippen molar-refractivity contribution < 1.29 is 0 Å². The van der Waals surface area contributed by atoms with Crippen molar-refractivity contribution in [2.45, 2.75) is 25.4 Å². The van der Waals surface area contributed by atoms with Gasteiger partial charge in [0, 0.05) is 44.3 Å². The summed E-state index contributed by atoms with van der Waals surface area (Å²) in [5, 5.41) is 11.7. The third kappa shape index (κ3) is 4.22. The molecule has 1 saturated heterocycles. The zero-order chi connectivity index (χ0) is 18.5. The summed E-state index contributed by atoms with van der Waals surface area (Å²) >= 11 is 1.82. The van der Waals surface area contributed by atoms with Crippen molar-refractivity contribution in [3.8, 4) is 0 Å². The fraction of sp³-hybridized carbons (Fsp3) is 0.333. The van der Waals surface area contributed by atoms with Crippen LogP contribution in [0.3, 0.4) is 0 Å². The maximum absolute atomic E-state index is 4.53. The van der Waals surface area contributed by atoms with Gasteiger partial charge in [-0.25, -0.2) is 0 Å². The van der Waals surface area contributed by atoms with E-state index in [1.807, 2.05) is 30.6 Å². The SMILES string of the molecule is CN=C(NCc1cccc2cccnc12)NC1CCN(c2cccs2)CC1. The first kappa shape index (κ1) is 17.8. The van der Waals surface area contributed by atoms with Crippen LogP contribution in [0, 0.1) is 0 Å². The summed E-state index contributed by atoms with van der Waals surface area (Å²) in [4.78, 5) is 11.4. The Morgan fingerprint density at radius 1 is 1.19 bits per heavy atom. The highest BCUT2D eigenvalue weighted by Crippen LogP contribution is 2.24. The third-order valence-electron chi connectivity index (χ3n) is 5.04. The number of pyridine rings is 1. The van der Waals surface area contributed by atoms with Gasteiger partial charge in [-0.15, -0.1) is 11.3 Å². The van der Waals surface area contributed by atoms with Gasteiger partial charge in [-0.2, -0.15) is 0 Å². The molecule has 0 radical (unpaired) electrons. The molecule has 2 N–H and O–H groups in total. The number of rotatable bonds is 4. The van der Waals surface area contributed by atoms with Gasteiger partial charge in [-0.3, -0.25) is 9.98 Å². The average molecular weight is 380 g/mol. The molecule has 3 aromatic rings. The molecule has 1 aliphatic rings. The number of benzene rings is 1. The molecule has 27 heavy (non-hydrogen) atoms. The van der Waals surface area contributed by atoms with E-state index in [2.05, 4.69) is 67.3 Å². The number of piperidine rings is 1. The summed E-state index contributed by atoms with van der Waals surface area (Å²) in [6.07, 6.45) is 4.09. The molecular formula is C21H25N5S. The number of nitrogens with zero attached hydrogens (tertiary/aromatic N) is 3. The number of aromatic nitrogens is 1. The minimum absolute atomic E-state index is 0.457. The van der Waals surface area contributed by atoms with Crippen LogP contribution in [0.5, 0.6) is 0 Å². The van der Waals surface area contributed by atoms with E-state index in [-0.39, 0.29) is 0 Å². The minimum Gasteiger partial charge on any atom is -0.363 e. The molecular weight excluding hydrogens is 354 g/mol. The predicted molar refractivity (Wildman–Crippen MR) is 115 cm³/mol. The molecule has 0 atom stereocenters. The van der Waals surface area contributed by atoms with Gasteiger partial charge in [0.15, 0.2) is 5.96 Å². The van der Waals surface area contributed by atoms with Crippen LogP contribution >= 0.6 is 11.3 Å². The van der Waals surface area contributed by atoms with E-state index < -0.39 is 0 Å². The first-order chi connectivity index (χ1) is 13.3. The fourth-order valence-electron chi connectivity index (χ4n) is 3.57. The highest BCUT2D eigenvalue weighted by molar-refractivity contribution is 7.14. The van der Waals surface area contributed by atoms with Gasteiger partial charge in [0.05, 0.1) is 10.5 Å². The maximum atomic E-state index is 4.53. The highest BCUT2D eigenvalue weighted by Gasteiger charge is 2.20. The summed E-state index contributed by atoms with van der Waals surface area (Å²) in [6.45, 7) is 2.88. The van der Waals surface area contributed by atoms with Crippen molar-refractivity contribution in [2.24, 2.45) is 4.99 Å². The number of anilines is 1. The standard InChI is InChI=1S/C21H25N5S/c1-22-21(24-15-17-6-2-5-16-7-3-11-23-20(16)17)25-18-9-12-26(13-10-18)19-8-4-14-27-19/h2-8,11,14,18H,9-10,12-13,15H2,1H3,(H2,22,24,25). The lowest BCUT2D eigenvalue weighted by Crippen LogP contribution is -2.48. The van der Waals surface area contributed by atoms with E-state index in [1.165, 1.54) is 16.0 Å². The molecule has 140 valence electrons. The lowest BCUT2D eigenvalue weighted by molar-refractivity contribution is 0.463. The highest BCUT2D eigenvalue weighted by atomic mass is 32.1. The third-order valence-corrected chi connectivity index (χ3v) is 5.97. The van der Waals surface area contributed by atoms with Gasteiger partial charge in [0.25, 0.3) is 0 Å². The molecule has 1 aromatic carbocycles. The molecule has 6 heteroatoms. The second-order valence-electron chi connectivity index (χ2n) is 6.77. The van der Waals surface area contributed by atoms with E-state index in [0.29, 0.717) is 12.6 Å². The Balaban J connectivity index is 1.32. The molecule has 3 heterocycles. The summed E-state index contributed by atoms with van der Waals surface area (Å²) in [5.41, 5.74) is 2.23. The summed E-state index contributed by atoms with van der Waals surface area (Å²) in [5.74, 6) is 0.859. The monoisotopic (exact) mass is 379 g/mol. The lowest BCUT2D eigenvalue weighted by Gasteiger charge is -2.33. The number of para-hydroxylation sites is 1. The molecule has 0 saturated carbocycles. The van der Waals surface area contributed by atoms with Crippen molar-refractivity contribution in [1.82, 2.24) is 15.6 Å². The van der Waals surface area contributed by atoms with Crippen molar-refractivity contribution in [1.29, 1.82) is 0 Å². The van der Waals surface area contributed by atoms with Crippen LogP contribution in [0.2, 0.25) is 0 Å². The Morgan fingerprint density at radius 2 is 2.04 bits per heavy atom. The first-order valence-corrected chi connectivity index (χ1v) is 10.3. The number of thiophene rings is 1. The molecule has 0 bridgehead atoms. The van der Waals surface area contributed by atoms with Gasteiger partial charge >= 0.3 is 0 Å². The molecule has 4 rings (SSSR count). The number of guanidine groups is 1. The second-order valence-corrected chi connectivity index (χ2v) is 7.70. The topological polar surface area (TPSA) is 52.6 Å². The lowest BCUT2D eigenvalue weighted by atomic mass is 10.1. The second kappa shape index (κ2) is 8.39. The van der Waals surface area contributed by atoms with Crippen molar-refractivity contribution in [2.75, 3.05) is 25.0 Å². The Kier molecular flexibility index (Phi) is 5.53. The molecule has 0 aliphatic carbocycles. The van der Waals surface area contributed by atoms with E-state index in [9.17, 15) is 0 Å². The number of hydrogen-bond donors (Lipinski definition) is 2. The number of nitrogens with one attached hydrogen (secondary N) is 2. The van der Waals surface area contributed by atoms with E-state index in [4.69, 9.17) is 0 Å². The van der Waals surface area contributed by atoms with Gasteiger partial charge < -0.3 is 15.5 Å². The van der Waals surface area contributed by atoms with E-state index in [0.717, 1.165) is 37.4 Å². The number of fused-ring (bicyclic) bond motifs is 1. The van der Waals surface area contributed by atoms with Gasteiger partial charge in [0.2, 0.25) is 0 Å². The Bertz CT molecular complexity index is 893. The summed E-state index contributed by atoms with van der Waals surface area (Å²) < 4.78 is 0. The van der Waals surface area contributed by atoms with Gasteiger partial charge in [-0.05, 0) is 42.0 Å². The van der Waals surface area contributed by atoms with Crippen LogP contribution in [-0.4, -0.2) is 37.1 Å². The van der Waals surface area contributed by atoms with Crippen LogP contribution in [-0.2, 0) is 6.54 Å². The smallest absolute Gasteiger partial charge is 0.191 e. The van der Waals surface area contributed by atoms with E-state index >= 15 is 0 Å². The first-order valence-electron chi connectivity index (χ1n) is 9.42. The van der Waals surface area contributed by atoms with Crippen molar-refractivity contribution in [3.05, 3.63) is 59.6 Å². The molecule has 2 aromatic heterocycles. The van der Waals surface area contributed by atoms with Gasteiger partial charge in [0.1, 0.15) is 0 Å². The summed E-state index contributed by atoms with van der Waals surface area (Å²) in [6, 6.07) is 15.2. The normalized spacial score (nSPS) is 15.9. The molecule has 1 fully saturated rings. The molecule has 5 nitrogen and oxygen atoms in total. The van der Waals surface area contributed by atoms with Crippen LogP contribution in [0.25, 0.3) is 10.9 Å². The number of hydrogen-bond acceptors (Lipinski definition) is 4. The predicted octanol–water partition coefficient (Wildman–Crippen LogP) is 3.63. The van der Waals surface area contributed by atoms with Crippen LogP contribution in [0.1, 0.15) is 18.4 Å². The fourth-order valence-corrected chi connectivity index (χ4v) is 4.36. The summed E-state index contributed by atoms with van der Waals surface area (Å²) in [7, 11) is 1.83. The maximum Gasteiger partial charge on any atom is 0.191 e. The quantitative estimate of drug-likeness (QED) is 0.537. The zero-order valence-corrected chi connectivity index (χ0v) is 16.4. The molecule has 0 amide bonds. The molecule has 0 spiro atoms. The van der Waals surface area contributed by atoms with Crippen LogP contribution < -0.4 is 15.5 Å². The van der Waals surface area contributed by atoms with Crippen LogP contribution in [0.15, 0.2) is 59.0 Å². The minimum atomic E-state index is 0.457. The largest absolute Gasteiger partial charge is 0.363 e. The van der Waals surface area contributed by atoms with Crippen molar-refractivity contribution >= 4 is 33.2 Å². The number of aliphatic imine (C=N–C) groups is 1. The van der Waals surface area contributed by atoms with Gasteiger partial charge in [-0.1, -0.05) is 24.3 Å².